The highest BCUT2D eigenvalue weighted by molar-refractivity contribution is 5.88. The largest absolute Gasteiger partial charge is 0.493 e. The molecule has 1 aliphatic heterocycles. The predicted molar refractivity (Wildman–Crippen MR) is 90.9 cm³/mol. The standard InChI is InChI=1S/C18H28N2O3/c1-17(2,13-6-7-14(22-4)15(10-13)23-5)16(21)20-9-8-18(3,11-19)12-20/h6-7,10H,8-9,11-12,19H2,1-5H3. The van der Waals surface area contributed by atoms with Crippen LogP contribution >= 0.6 is 0 Å². The molecule has 5 heteroatoms. The number of methoxy groups -OCH3 is 2. The summed E-state index contributed by atoms with van der Waals surface area (Å²) in [5, 5.41) is 0. The molecule has 2 N–H and O–H groups in total. The Morgan fingerprint density at radius 2 is 1.96 bits per heavy atom. The van der Waals surface area contributed by atoms with Crippen molar-refractivity contribution in [3.05, 3.63) is 23.8 Å². The number of amides is 1. The van der Waals surface area contributed by atoms with Crippen LogP contribution in [-0.4, -0.2) is 44.7 Å². The first kappa shape index (κ1) is 17.6. The normalized spacial score (nSPS) is 21.4. The number of hydrogen-bond acceptors (Lipinski definition) is 4. The molecule has 1 unspecified atom stereocenters. The number of rotatable bonds is 5. The number of benzene rings is 1. The lowest BCUT2D eigenvalue weighted by atomic mass is 9.82. The van der Waals surface area contributed by atoms with Gasteiger partial charge in [-0.25, -0.2) is 0 Å². The van der Waals surface area contributed by atoms with Crippen LogP contribution in [0, 0.1) is 5.41 Å². The number of carbonyl (C=O) groups is 1. The molecule has 0 spiro atoms. The Balaban J connectivity index is 2.26. The molecule has 0 aliphatic carbocycles. The first-order chi connectivity index (χ1) is 10.8. The monoisotopic (exact) mass is 320 g/mol. The van der Waals surface area contributed by atoms with E-state index >= 15 is 0 Å². The second-order valence-corrected chi connectivity index (χ2v) is 7.19. The Labute approximate surface area is 138 Å². The Morgan fingerprint density at radius 3 is 2.48 bits per heavy atom. The molecule has 1 aromatic rings. The van der Waals surface area contributed by atoms with Crippen LogP contribution in [0.2, 0.25) is 0 Å². The van der Waals surface area contributed by atoms with Gasteiger partial charge in [-0.05, 0) is 49.9 Å². The van der Waals surface area contributed by atoms with Crippen LogP contribution in [0.5, 0.6) is 11.5 Å². The molecule has 23 heavy (non-hydrogen) atoms. The summed E-state index contributed by atoms with van der Waals surface area (Å²) in [4.78, 5) is 15.0. The van der Waals surface area contributed by atoms with E-state index < -0.39 is 5.41 Å². The van der Waals surface area contributed by atoms with Crippen molar-refractivity contribution in [3.63, 3.8) is 0 Å². The summed E-state index contributed by atoms with van der Waals surface area (Å²) in [5.74, 6) is 1.43. The molecule has 0 radical (unpaired) electrons. The van der Waals surface area contributed by atoms with E-state index in [1.54, 1.807) is 14.2 Å². The Kier molecular flexibility index (Phi) is 4.90. The van der Waals surface area contributed by atoms with Gasteiger partial charge in [0.15, 0.2) is 11.5 Å². The molecule has 1 aliphatic rings. The topological polar surface area (TPSA) is 64.8 Å². The van der Waals surface area contributed by atoms with Crippen LogP contribution < -0.4 is 15.2 Å². The maximum Gasteiger partial charge on any atom is 0.232 e. The predicted octanol–water partition coefficient (Wildman–Crippen LogP) is 2.18. The Hall–Kier alpha value is -1.75. The van der Waals surface area contributed by atoms with Gasteiger partial charge in [0.25, 0.3) is 0 Å². The molecular formula is C18H28N2O3. The van der Waals surface area contributed by atoms with Crippen LogP contribution in [-0.2, 0) is 10.2 Å². The number of likely N-dealkylation sites (tertiary alicyclic amines) is 1. The van der Waals surface area contributed by atoms with E-state index in [4.69, 9.17) is 15.2 Å². The van der Waals surface area contributed by atoms with Gasteiger partial charge in [0.1, 0.15) is 0 Å². The van der Waals surface area contributed by atoms with Gasteiger partial charge in [0.2, 0.25) is 5.91 Å². The van der Waals surface area contributed by atoms with Gasteiger partial charge in [-0.1, -0.05) is 13.0 Å². The van der Waals surface area contributed by atoms with E-state index in [9.17, 15) is 4.79 Å². The highest BCUT2D eigenvalue weighted by Crippen LogP contribution is 2.36. The van der Waals surface area contributed by atoms with E-state index in [2.05, 4.69) is 6.92 Å². The lowest BCUT2D eigenvalue weighted by Gasteiger charge is -2.31. The molecule has 1 fully saturated rings. The maximum atomic E-state index is 13.0. The van der Waals surface area contributed by atoms with Crippen molar-refractivity contribution in [1.82, 2.24) is 4.90 Å². The molecule has 2 rings (SSSR count). The van der Waals surface area contributed by atoms with Gasteiger partial charge in [0.05, 0.1) is 19.6 Å². The Bertz CT molecular complexity index is 586. The minimum Gasteiger partial charge on any atom is -0.493 e. The van der Waals surface area contributed by atoms with Crippen LogP contribution in [0.3, 0.4) is 0 Å². The molecule has 0 saturated carbocycles. The third-order valence-electron chi connectivity index (χ3n) is 4.98. The summed E-state index contributed by atoms with van der Waals surface area (Å²) >= 11 is 0. The zero-order chi connectivity index (χ0) is 17.3. The third kappa shape index (κ3) is 3.29. The first-order valence-electron chi connectivity index (χ1n) is 7.99. The molecule has 128 valence electrons. The van der Waals surface area contributed by atoms with Gasteiger partial charge >= 0.3 is 0 Å². The molecule has 0 aromatic heterocycles. The first-order valence-corrected chi connectivity index (χ1v) is 7.99. The summed E-state index contributed by atoms with van der Waals surface area (Å²) in [5.41, 5.74) is 6.18. The van der Waals surface area contributed by atoms with E-state index in [-0.39, 0.29) is 11.3 Å². The summed E-state index contributed by atoms with van der Waals surface area (Å²) < 4.78 is 10.6. The number of nitrogens with two attached hydrogens (primary N) is 1. The van der Waals surface area contributed by atoms with Crippen LogP contribution in [0.15, 0.2) is 18.2 Å². The highest BCUT2D eigenvalue weighted by Gasteiger charge is 2.41. The molecular weight excluding hydrogens is 292 g/mol. The SMILES string of the molecule is COc1ccc(C(C)(C)C(=O)N2CCC(C)(CN)C2)cc1OC. The third-order valence-corrected chi connectivity index (χ3v) is 4.98. The number of nitrogens with zero attached hydrogens (tertiary/aromatic N) is 1. The number of ether oxygens (including phenoxy) is 2. The fourth-order valence-corrected chi connectivity index (χ4v) is 3.11. The van der Waals surface area contributed by atoms with Gasteiger partial charge < -0.3 is 20.1 Å². The zero-order valence-electron chi connectivity index (χ0n) is 14.8. The maximum absolute atomic E-state index is 13.0. The van der Waals surface area contributed by atoms with Gasteiger partial charge in [-0.3, -0.25) is 4.79 Å². The van der Waals surface area contributed by atoms with Gasteiger partial charge in [-0.2, -0.15) is 0 Å². The van der Waals surface area contributed by atoms with Crippen LogP contribution in [0.4, 0.5) is 0 Å². The van der Waals surface area contributed by atoms with Crippen molar-refractivity contribution in [2.45, 2.75) is 32.6 Å². The van der Waals surface area contributed by atoms with E-state index in [0.29, 0.717) is 18.0 Å². The van der Waals surface area contributed by atoms with Crippen molar-refractivity contribution in [2.24, 2.45) is 11.1 Å². The zero-order valence-corrected chi connectivity index (χ0v) is 14.8. The summed E-state index contributed by atoms with van der Waals surface area (Å²) in [7, 11) is 3.20. The van der Waals surface area contributed by atoms with Crippen LogP contribution in [0.1, 0.15) is 32.8 Å². The quantitative estimate of drug-likeness (QED) is 0.903. The van der Waals surface area contributed by atoms with Gasteiger partial charge in [0, 0.05) is 13.1 Å². The van der Waals surface area contributed by atoms with E-state index in [1.165, 1.54) is 0 Å². The number of hydrogen-bond donors (Lipinski definition) is 1. The van der Waals surface area contributed by atoms with Crippen molar-refractivity contribution < 1.29 is 14.3 Å². The Morgan fingerprint density at radius 1 is 1.30 bits per heavy atom. The fraction of sp³-hybridized carbons (Fsp3) is 0.611. The fourth-order valence-electron chi connectivity index (χ4n) is 3.11. The van der Waals surface area contributed by atoms with Crippen molar-refractivity contribution >= 4 is 5.91 Å². The molecule has 1 atom stereocenters. The second-order valence-electron chi connectivity index (χ2n) is 7.19. The molecule has 5 nitrogen and oxygen atoms in total. The molecule has 1 aromatic carbocycles. The highest BCUT2D eigenvalue weighted by atomic mass is 16.5. The molecule has 0 bridgehead atoms. The molecule has 1 heterocycles. The van der Waals surface area contributed by atoms with E-state index in [1.807, 2.05) is 36.9 Å². The lowest BCUT2D eigenvalue weighted by molar-refractivity contribution is -0.135. The van der Waals surface area contributed by atoms with Gasteiger partial charge in [-0.15, -0.1) is 0 Å². The second kappa shape index (κ2) is 6.40. The molecule has 1 saturated heterocycles. The average molecular weight is 320 g/mol. The van der Waals surface area contributed by atoms with E-state index in [0.717, 1.165) is 25.1 Å². The smallest absolute Gasteiger partial charge is 0.232 e. The summed E-state index contributed by atoms with van der Waals surface area (Å²) in [6.07, 6.45) is 0.956. The van der Waals surface area contributed by atoms with Crippen molar-refractivity contribution in [1.29, 1.82) is 0 Å². The van der Waals surface area contributed by atoms with Crippen molar-refractivity contribution in [3.8, 4) is 11.5 Å². The lowest BCUT2D eigenvalue weighted by Crippen LogP contribution is -2.43. The summed E-state index contributed by atoms with van der Waals surface area (Å²) in [6, 6.07) is 5.66. The average Bonchev–Trinajstić information content (AvgIpc) is 2.96. The van der Waals surface area contributed by atoms with Crippen molar-refractivity contribution in [2.75, 3.05) is 33.9 Å². The number of carbonyl (C=O) groups excluding carboxylic acids is 1. The van der Waals surface area contributed by atoms with Crippen LogP contribution in [0.25, 0.3) is 0 Å². The summed E-state index contributed by atoms with van der Waals surface area (Å²) in [6.45, 7) is 8.14. The minimum atomic E-state index is -0.626. The minimum absolute atomic E-state index is 0.0311. The molecule has 1 amide bonds.